The molecule has 0 radical (unpaired) electrons. The number of hydrogen-bond donors (Lipinski definition) is 2. The summed E-state index contributed by atoms with van der Waals surface area (Å²) in [5.41, 5.74) is 2.80. The van der Waals surface area contributed by atoms with Crippen molar-refractivity contribution in [2.75, 3.05) is 11.1 Å². The van der Waals surface area contributed by atoms with E-state index in [1.165, 1.54) is 11.8 Å². The van der Waals surface area contributed by atoms with Gasteiger partial charge < -0.3 is 10.3 Å². The van der Waals surface area contributed by atoms with E-state index in [4.69, 9.17) is 0 Å². The highest BCUT2D eigenvalue weighted by atomic mass is 79.9. The summed E-state index contributed by atoms with van der Waals surface area (Å²) in [4.78, 5) is 19.5. The van der Waals surface area contributed by atoms with Gasteiger partial charge >= 0.3 is 0 Å². The van der Waals surface area contributed by atoms with E-state index in [-0.39, 0.29) is 5.91 Å². The fourth-order valence-corrected chi connectivity index (χ4v) is 2.92. The molecule has 0 bridgehead atoms. The van der Waals surface area contributed by atoms with Gasteiger partial charge in [-0.1, -0.05) is 58.0 Å². The van der Waals surface area contributed by atoms with Crippen LogP contribution >= 0.6 is 27.7 Å². The normalized spacial score (nSPS) is 10.5. The Morgan fingerprint density at radius 2 is 1.87 bits per heavy atom. The van der Waals surface area contributed by atoms with Gasteiger partial charge in [-0.15, -0.1) is 0 Å². The third-order valence-electron chi connectivity index (χ3n) is 3.11. The second-order valence-corrected chi connectivity index (χ2v) is 6.69. The number of aromatic amines is 1. The molecule has 0 saturated carbocycles. The molecular formula is C17H14BrN3OS. The number of aromatic nitrogens is 2. The van der Waals surface area contributed by atoms with Crippen molar-refractivity contribution in [3.8, 4) is 11.3 Å². The van der Waals surface area contributed by atoms with Gasteiger partial charge in [-0.2, -0.15) is 0 Å². The molecular weight excluding hydrogens is 374 g/mol. The summed E-state index contributed by atoms with van der Waals surface area (Å²) in [6, 6.07) is 17.5. The monoisotopic (exact) mass is 387 g/mol. The third kappa shape index (κ3) is 4.46. The highest BCUT2D eigenvalue weighted by Gasteiger charge is 2.07. The molecule has 1 aromatic heterocycles. The Balaban J connectivity index is 1.55. The number of imidazole rings is 1. The van der Waals surface area contributed by atoms with Gasteiger partial charge in [-0.3, -0.25) is 4.79 Å². The summed E-state index contributed by atoms with van der Waals surface area (Å²) in [6.45, 7) is 0. The second-order valence-electron chi connectivity index (χ2n) is 4.81. The molecule has 0 aliphatic carbocycles. The van der Waals surface area contributed by atoms with Crippen LogP contribution < -0.4 is 5.32 Å². The van der Waals surface area contributed by atoms with E-state index in [1.807, 2.05) is 54.6 Å². The molecule has 116 valence electrons. The standard InChI is InChI=1S/C17H14BrN3OS/c18-13-6-8-14(9-7-13)20-16(22)11-23-17-19-10-15(21-17)12-4-2-1-3-5-12/h1-10H,11H2,(H,19,21)(H,20,22). The minimum absolute atomic E-state index is 0.0602. The first-order valence-corrected chi connectivity index (χ1v) is 8.77. The number of anilines is 1. The molecule has 3 rings (SSSR count). The summed E-state index contributed by atoms with van der Waals surface area (Å²) in [5.74, 6) is 0.243. The number of benzene rings is 2. The average Bonchev–Trinajstić information content (AvgIpc) is 3.05. The van der Waals surface area contributed by atoms with E-state index in [2.05, 4.69) is 31.2 Å². The van der Waals surface area contributed by atoms with Crippen LogP contribution in [0.1, 0.15) is 0 Å². The van der Waals surface area contributed by atoms with Gasteiger partial charge in [-0.25, -0.2) is 4.98 Å². The van der Waals surface area contributed by atoms with Crippen LogP contribution in [0.15, 0.2) is 70.4 Å². The van der Waals surface area contributed by atoms with Crippen molar-refractivity contribution in [3.05, 3.63) is 65.3 Å². The maximum atomic E-state index is 12.0. The number of nitrogens with zero attached hydrogens (tertiary/aromatic N) is 1. The molecule has 4 nitrogen and oxygen atoms in total. The summed E-state index contributed by atoms with van der Waals surface area (Å²) in [7, 11) is 0. The van der Waals surface area contributed by atoms with Crippen molar-refractivity contribution >= 4 is 39.3 Å². The number of H-pyrrole nitrogens is 1. The first-order chi connectivity index (χ1) is 11.2. The van der Waals surface area contributed by atoms with Crippen LogP contribution in [0, 0.1) is 0 Å². The zero-order valence-corrected chi connectivity index (χ0v) is 14.5. The molecule has 0 unspecified atom stereocenters. The van der Waals surface area contributed by atoms with Gasteiger partial charge in [-0.05, 0) is 29.8 Å². The first-order valence-electron chi connectivity index (χ1n) is 6.99. The Bertz CT molecular complexity index is 787. The second kappa shape index (κ2) is 7.48. The predicted molar refractivity (Wildman–Crippen MR) is 97.5 cm³/mol. The van der Waals surface area contributed by atoms with Crippen molar-refractivity contribution in [1.82, 2.24) is 9.97 Å². The fourth-order valence-electron chi connectivity index (χ4n) is 2.00. The number of carbonyl (C=O) groups excluding carboxylic acids is 1. The SMILES string of the molecule is O=C(CSc1ncc(-c2ccccc2)[nH]1)Nc1ccc(Br)cc1. The summed E-state index contributed by atoms with van der Waals surface area (Å²) >= 11 is 4.74. The highest BCUT2D eigenvalue weighted by Crippen LogP contribution is 2.21. The van der Waals surface area contributed by atoms with Crippen LogP contribution in [0.25, 0.3) is 11.3 Å². The van der Waals surface area contributed by atoms with Crippen LogP contribution in [0.3, 0.4) is 0 Å². The van der Waals surface area contributed by atoms with Crippen molar-refractivity contribution in [3.63, 3.8) is 0 Å². The molecule has 23 heavy (non-hydrogen) atoms. The third-order valence-corrected chi connectivity index (χ3v) is 4.52. The van der Waals surface area contributed by atoms with E-state index in [1.54, 1.807) is 6.20 Å². The molecule has 0 aliphatic heterocycles. The van der Waals surface area contributed by atoms with Crippen LogP contribution in [0.4, 0.5) is 5.69 Å². The number of hydrogen-bond acceptors (Lipinski definition) is 3. The zero-order valence-electron chi connectivity index (χ0n) is 12.1. The molecule has 1 amide bonds. The average molecular weight is 388 g/mol. The lowest BCUT2D eigenvalue weighted by Gasteiger charge is -2.04. The van der Waals surface area contributed by atoms with Crippen LogP contribution in [-0.4, -0.2) is 21.6 Å². The molecule has 0 aliphatic rings. The van der Waals surface area contributed by atoms with Gasteiger partial charge in [0, 0.05) is 10.2 Å². The maximum Gasteiger partial charge on any atom is 0.234 e. The van der Waals surface area contributed by atoms with Crippen molar-refractivity contribution in [1.29, 1.82) is 0 Å². The Morgan fingerprint density at radius 3 is 2.61 bits per heavy atom. The summed E-state index contributed by atoms with van der Waals surface area (Å²) in [6.07, 6.45) is 1.78. The molecule has 6 heteroatoms. The van der Waals surface area contributed by atoms with Gasteiger partial charge in [0.25, 0.3) is 0 Å². The van der Waals surface area contributed by atoms with E-state index < -0.39 is 0 Å². The number of halogens is 1. The molecule has 0 saturated heterocycles. The molecule has 2 aromatic carbocycles. The van der Waals surface area contributed by atoms with Crippen LogP contribution in [0.5, 0.6) is 0 Å². The Morgan fingerprint density at radius 1 is 1.13 bits per heavy atom. The number of carbonyl (C=O) groups is 1. The lowest BCUT2D eigenvalue weighted by Crippen LogP contribution is -2.13. The molecule has 1 heterocycles. The van der Waals surface area contributed by atoms with E-state index in [0.29, 0.717) is 5.75 Å². The number of amides is 1. The van der Waals surface area contributed by atoms with Crippen molar-refractivity contribution in [2.24, 2.45) is 0 Å². The molecule has 0 atom stereocenters. The quantitative estimate of drug-likeness (QED) is 0.630. The zero-order chi connectivity index (χ0) is 16.1. The Labute approximate surface area is 146 Å². The maximum absolute atomic E-state index is 12.0. The van der Waals surface area contributed by atoms with Crippen LogP contribution in [0.2, 0.25) is 0 Å². The molecule has 0 spiro atoms. The minimum Gasteiger partial charge on any atom is -0.333 e. The van der Waals surface area contributed by atoms with Crippen molar-refractivity contribution in [2.45, 2.75) is 5.16 Å². The van der Waals surface area contributed by atoms with Gasteiger partial charge in [0.05, 0.1) is 17.6 Å². The van der Waals surface area contributed by atoms with E-state index in [9.17, 15) is 4.79 Å². The molecule has 2 N–H and O–H groups in total. The highest BCUT2D eigenvalue weighted by molar-refractivity contribution is 9.10. The predicted octanol–water partition coefficient (Wildman–Crippen LogP) is 4.57. The number of thioether (sulfide) groups is 1. The topological polar surface area (TPSA) is 57.8 Å². The van der Waals surface area contributed by atoms with Gasteiger partial charge in [0.15, 0.2) is 5.16 Å². The number of rotatable bonds is 5. The summed E-state index contributed by atoms with van der Waals surface area (Å²) < 4.78 is 0.980. The lowest BCUT2D eigenvalue weighted by atomic mass is 10.2. The minimum atomic E-state index is -0.0602. The fraction of sp³-hybridized carbons (Fsp3) is 0.0588. The first kappa shape index (κ1) is 15.8. The van der Waals surface area contributed by atoms with Gasteiger partial charge in [0.1, 0.15) is 0 Å². The Kier molecular flexibility index (Phi) is 5.15. The van der Waals surface area contributed by atoms with Crippen molar-refractivity contribution < 1.29 is 4.79 Å². The van der Waals surface area contributed by atoms with E-state index in [0.717, 1.165) is 26.6 Å². The molecule has 3 aromatic rings. The smallest absolute Gasteiger partial charge is 0.234 e. The van der Waals surface area contributed by atoms with Crippen LogP contribution in [-0.2, 0) is 4.79 Å². The number of nitrogens with one attached hydrogen (secondary N) is 2. The Hall–Kier alpha value is -2.05. The molecule has 0 fully saturated rings. The van der Waals surface area contributed by atoms with Gasteiger partial charge in [0.2, 0.25) is 5.91 Å². The van der Waals surface area contributed by atoms with E-state index >= 15 is 0 Å². The summed E-state index contributed by atoms with van der Waals surface area (Å²) in [5, 5.41) is 3.59. The lowest BCUT2D eigenvalue weighted by molar-refractivity contribution is -0.113. The largest absolute Gasteiger partial charge is 0.333 e.